The minimum atomic E-state index is -0.352. The number of pyridine rings is 1. The lowest BCUT2D eigenvalue weighted by molar-refractivity contribution is -0.126. The van der Waals surface area contributed by atoms with Crippen molar-refractivity contribution in [3.8, 4) is 0 Å². The topological polar surface area (TPSA) is 125 Å². The monoisotopic (exact) mass is 316 g/mol. The number of nitrogens with one attached hydrogen (secondary N) is 2. The standard InChI is InChI=1S/C14H16N6O3/c15-8-20(23)13(16)11-2-1-3-12(17-11)19-5-4-18(14(19)22)9-6-10(21)7-9/h1-3,8-9,15-16,23H,4-7H2. The van der Waals surface area contributed by atoms with Crippen LogP contribution in [0.5, 0.6) is 0 Å². The van der Waals surface area contributed by atoms with Crippen LogP contribution in [0.25, 0.3) is 0 Å². The van der Waals surface area contributed by atoms with Crippen LogP contribution in [-0.4, -0.2) is 63.3 Å². The van der Waals surface area contributed by atoms with Crippen molar-refractivity contribution in [3.63, 3.8) is 0 Å². The molecule has 2 fully saturated rings. The van der Waals surface area contributed by atoms with Crippen LogP contribution >= 0.6 is 0 Å². The molecule has 0 bridgehead atoms. The molecule has 0 atom stereocenters. The van der Waals surface area contributed by atoms with Crippen LogP contribution in [0, 0.1) is 10.8 Å². The van der Waals surface area contributed by atoms with E-state index < -0.39 is 0 Å². The second-order valence-corrected chi connectivity index (χ2v) is 5.43. The van der Waals surface area contributed by atoms with Crippen molar-refractivity contribution < 1.29 is 14.8 Å². The van der Waals surface area contributed by atoms with Crippen LogP contribution < -0.4 is 4.90 Å². The maximum absolute atomic E-state index is 12.5. The predicted molar refractivity (Wildman–Crippen MR) is 81.0 cm³/mol. The third-order valence-electron chi connectivity index (χ3n) is 4.01. The van der Waals surface area contributed by atoms with Gasteiger partial charge in [-0.3, -0.25) is 25.7 Å². The first-order valence-corrected chi connectivity index (χ1v) is 7.16. The van der Waals surface area contributed by atoms with Crippen molar-refractivity contribution in [3.05, 3.63) is 23.9 Å². The fourth-order valence-electron chi connectivity index (χ4n) is 2.68. The van der Waals surface area contributed by atoms with Gasteiger partial charge in [0, 0.05) is 32.0 Å². The number of ketones is 1. The fraction of sp³-hybridized carbons (Fsp3) is 0.357. The molecule has 2 heterocycles. The molecule has 9 nitrogen and oxygen atoms in total. The number of hydrogen-bond donors (Lipinski definition) is 3. The predicted octanol–water partition coefficient (Wildman–Crippen LogP) is 0.679. The van der Waals surface area contributed by atoms with Crippen LogP contribution in [0.2, 0.25) is 0 Å². The minimum absolute atomic E-state index is 0.0210. The summed E-state index contributed by atoms with van der Waals surface area (Å²) in [6.07, 6.45) is 1.42. The zero-order chi connectivity index (χ0) is 16.6. The third kappa shape index (κ3) is 2.66. The summed E-state index contributed by atoms with van der Waals surface area (Å²) >= 11 is 0. The molecule has 0 spiro atoms. The molecule has 23 heavy (non-hydrogen) atoms. The van der Waals surface area contributed by atoms with E-state index in [1.807, 2.05) is 0 Å². The van der Waals surface area contributed by atoms with Gasteiger partial charge >= 0.3 is 6.03 Å². The van der Waals surface area contributed by atoms with Gasteiger partial charge in [0.15, 0.2) is 5.84 Å². The van der Waals surface area contributed by atoms with Gasteiger partial charge in [0.2, 0.25) is 0 Å². The Labute approximate surface area is 132 Å². The molecule has 1 aliphatic heterocycles. The van der Waals surface area contributed by atoms with Gasteiger partial charge < -0.3 is 4.90 Å². The minimum Gasteiger partial charge on any atom is -0.319 e. The highest BCUT2D eigenvalue weighted by Crippen LogP contribution is 2.27. The second kappa shape index (κ2) is 5.76. The Morgan fingerprint density at radius 1 is 1.35 bits per heavy atom. The van der Waals surface area contributed by atoms with Crippen molar-refractivity contribution in [2.75, 3.05) is 18.0 Å². The van der Waals surface area contributed by atoms with E-state index in [9.17, 15) is 14.8 Å². The lowest BCUT2D eigenvalue weighted by Gasteiger charge is -2.32. The number of hydroxylamine groups is 2. The van der Waals surface area contributed by atoms with E-state index in [2.05, 4.69) is 4.98 Å². The zero-order valence-corrected chi connectivity index (χ0v) is 12.3. The number of Topliss-reactive ketones (excluding diaryl/α,β-unsaturated/α-hetero) is 1. The van der Waals surface area contributed by atoms with Crippen molar-refractivity contribution >= 4 is 29.8 Å². The average molecular weight is 316 g/mol. The number of carbonyl (C=O) groups is 2. The molecule has 1 saturated carbocycles. The average Bonchev–Trinajstić information content (AvgIpc) is 2.91. The highest BCUT2D eigenvalue weighted by Gasteiger charge is 2.40. The van der Waals surface area contributed by atoms with Crippen molar-refractivity contribution in [2.45, 2.75) is 18.9 Å². The highest BCUT2D eigenvalue weighted by atomic mass is 16.5. The normalized spacial score (nSPS) is 18.1. The van der Waals surface area contributed by atoms with E-state index in [4.69, 9.17) is 10.8 Å². The van der Waals surface area contributed by atoms with Crippen LogP contribution in [-0.2, 0) is 4.79 Å². The highest BCUT2D eigenvalue weighted by molar-refractivity contribution is 6.00. The first-order chi connectivity index (χ1) is 11.0. The van der Waals surface area contributed by atoms with Gasteiger partial charge in [0.05, 0.1) is 0 Å². The Morgan fingerprint density at radius 3 is 2.74 bits per heavy atom. The van der Waals surface area contributed by atoms with E-state index in [0.29, 0.717) is 43.2 Å². The third-order valence-corrected chi connectivity index (χ3v) is 4.01. The van der Waals surface area contributed by atoms with E-state index in [1.165, 1.54) is 11.0 Å². The van der Waals surface area contributed by atoms with Crippen LogP contribution in [0.15, 0.2) is 18.2 Å². The lowest BCUT2D eigenvalue weighted by Crippen LogP contribution is -2.47. The summed E-state index contributed by atoms with van der Waals surface area (Å²) in [5.41, 5.74) is 0.151. The maximum Gasteiger partial charge on any atom is 0.326 e. The van der Waals surface area contributed by atoms with Gasteiger partial charge in [-0.1, -0.05) is 6.07 Å². The van der Waals surface area contributed by atoms with Crippen molar-refractivity contribution in [1.29, 1.82) is 10.8 Å². The van der Waals surface area contributed by atoms with Gasteiger partial charge in [-0.05, 0) is 12.1 Å². The van der Waals surface area contributed by atoms with Gasteiger partial charge in [0.25, 0.3) is 0 Å². The molecule has 1 saturated heterocycles. The summed E-state index contributed by atoms with van der Waals surface area (Å²) in [5, 5.41) is 24.4. The largest absolute Gasteiger partial charge is 0.326 e. The van der Waals surface area contributed by atoms with E-state index in [-0.39, 0.29) is 29.4 Å². The zero-order valence-electron chi connectivity index (χ0n) is 12.3. The number of anilines is 1. The van der Waals surface area contributed by atoms with Gasteiger partial charge in [0.1, 0.15) is 23.6 Å². The van der Waals surface area contributed by atoms with Gasteiger partial charge in [-0.15, -0.1) is 0 Å². The molecule has 2 amide bonds. The molecular formula is C14H16N6O3. The molecule has 1 aromatic heterocycles. The summed E-state index contributed by atoms with van der Waals surface area (Å²) in [6, 6.07) is 4.57. The summed E-state index contributed by atoms with van der Waals surface area (Å²) in [6.45, 7) is 0.994. The SMILES string of the molecule is N=CN(O)C(=N)c1cccc(N2CCN(C3CC(=O)C3)C2=O)n1. The fourth-order valence-corrected chi connectivity index (χ4v) is 2.68. The maximum atomic E-state index is 12.5. The Kier molecular flexibility index (Phi) is 3.78. The first kappa shape index (κ1) is 15.1. The Balaban J connectivity index is 1.77. The molecule has 120 valence electrons. The Hall–Kier alpha value is -2.81. The number of amidine groups is 1. The number of hydrogen-bond acceptors (Lipinski definition) is 6. The van der Waals surface area contributed by atoms with Crippen LogP contribution in [0.4, 0.5) is 10.6 Å². The smallest absolute Gasteiger partial charge is 0.319 e. The summed E-state index contributed by atoms with van der Waals surface area (Å²) in [4.78, 5) is 30.9. The lowest BCUT2D eigenvalue weighted by atomic mass is 9.90. The molecule has 0 unspecified atom stereocenters. The molecule has 1 aliphatic carbocycles. The van der Waals surface area contributed by atoms with E-state index in [0.717, 1.165) is 0 Å². The quantitative estimate of drug-likeness (QED) is 0.428. The number of nitrogens with zero attached hydrogens (tertiary/aromatic N) is 4. The van der Waals surface area contributed by atoms with Gasteiger partial charge in [-0.2, -0.15) is 5.06 Å². The molecule has 9 heteroatoms. The van der Waals surface area contributed by atoms with Crippen LogP contribution in [0.3, 0.4) is 0 Å². The molecule has 1 aromatic rings. The van der Waals surface area contributed by atoms with Crippen molar-refractivity contribution in [2.24, 2.45) is 0 Å². The molecule has 3 rings (SSSR count). The number of urea groups is 1. The summed E-state index contributed by atoms with van der Waals surface area (Å²) in [7, 11) is 0. The summed E-state index contributed by atoms with van der Waals surface area (Å²) < 4.78 is 0. The van der Waals surface area contributed by atoms with Gasteiger partial charge in [-0.25, -0.2) is 9.78 Å². The number of amides is 2. The van der Waals surface area contributed by atoms with E-state index >= 15 is 0 Å². The molecule has 3 N–H and O–H groups in total. The Morgan fingerprint density at radius 2 is 2.09 bits per heavy atom. The van der Waals surface area contributed by atoms with E-state index in [1.54, 1.807) is 17.0 Å². The first-order valence-electron chi connectivity index (χ1n) is 7.16. The Bertz CT molecular complexity index is 683. The molecular weight excluding hydrogens is 300 g/mol. The number of carbonyl (C=O) groups excluding carboxylic acids is 2. The number of aromatic nitrogens is 1. The summed E-state index contributed by atoms with van der Waals surface area (Å²) in [5.74, 6) is 0.197. The molecule has 0 radical (unpaired) electrons. The number of rotatable bonds is 4. The van der Waals surface area contributed by atoms with Crippen molar-refractivity contribution in [1.82, 2.24) is 14.9 Å². The molecule has 0 aromatic carbocycles. The molecule has 2 aliphatic rings. The second-order valence-electron chi connectivity index (χ2n) is 5.43. The van der Waals surface area contributed by atoms with Crippen LogP contribution in [0.1, 0.15) is 18.5 Å².